The van der Waals surface area contributed by atoms with Crippen LogP contribution in [0.25, 0.3) is 10.8 Å². The predicted octanol–water partition coefficient (Wildman–Crippen LogP) is 2.74. The highest BCUT2D eigenvalue weighted by Crippen LogP contribution is 2.22. The number of piperazine rings is 1. The van der Waals surface area contributed by atoms with Gasteiger partial charge in [-0.15, -0.1) is 0 Å². The van der Waals surface area contributed by atoms with Crippen molar-refractivity contribution in [3.05, 3.63) is 77.9 Å². The maximum absolute atomic E-state index is 13.2. The van der Waals surface area contributed by atoms with Crippen LogP contribution in [0.2, 0.25) is 0 Å². The number of hydrogen-bond acceptors (Lipinski definition) is 4. The second kappa shape index (κ2) is 9.32. The Kier molecular flexibility index (Phi) is 6.50. The highest BCUT2D eigenvalue weighted by atomic mass is 32.2. The molecule has 1 aliphatic rings. The third-order valence-electron chi connectivity index (χ3n) is 5.47. The quantitative estimate of drug-likeness (QED) is 0.616. The number of hydrogen-bond donors (Lipinski definition) is 1. The Morgan fingerprint density at radius 3 is 2.22 bits per heavy atom. The van der Waals surface area contributed by atoms with E-state index < -0.39 is 21.7 Å². The Morgan fingerprint density at radius 2 is 1.53 bits per heavy atom. The van der Waals surface area contributed by atoms with Crippen LogP contribution >= 0.6 is 0 Å². The van der Waals surface area contributed by atoms with Crippen molar-refractivity contribution >= 4 is 26.7 Å². The zero-order valence-electron chi connectivity index (χ0n) is 17.3. The number of amides is 1. The number of carbonyl (C=O) groups is 1. The lowest BCUT2D eigenvalue weighted by molar-refractivity contribution is -0.122. The van der Waals surface area contributed by atoms with Crippen molar-refractivity contribution in [2.75, 3.05) is 32.7 Å². The van der Waals surface area contributed by atoms with Gasteiger partial charge in [-0.25, -0.2) is 17.2 Å². The molecule has 32 heavy (non-hydrogen) atoms. The summed E-state index contributed by atoms with van der Waals surface area (Å²) in [5, 5.41) is 4.48. The molecule has 0 saturated carbocycles. The molecule has 9 heteroatoms. The van der Waals surface area contributed by atoms with Crippen molar-refractivity contribution in [3.8, 4) is 0 Å². The van der Waals surface area contributed by atoms with E-state index in [1.54, 1.807) is 18.2 Å². The number of sulfonamides is 1. The third-order valence-corrected chi connectivity index (χ3v) is 7.36. The van der Waals surface area contributed by atoms with Gasteiger partial charge in [0.05, 0.1) is 11.4 Å². The van der Waals surface area contributed by atoms with Crippen LogP contribution in [0.1, 0.15) is 5.56 Å². The third kappa shape index (κ3) is 5.12. The van der Waals surface area contributed by atoms with Crippen LogP contribution in [-0.4, -0.2) is 56.3 Å². The Morgan fingerprint density at radius 1 is 0.875 bits per heavy atom. The average Bonchev–Trinajstić information content (AvgIpc) is 2.77. The molecule has 3 aromatic carbocycles. The molecule has 1 aliphatic heterocycles. The topological polar surface area (TPSA) is 69.7 Å². The smallest absolute Gasteiger partial charge is 0.243 e. The van der Waals surface area contributed by atoms with Crippen LogP contribution in [0.4, 0.5) is 8.78 Å². The first kappa shape index (κ1) is 22.3. The number of halogens is 2. The van der Waals surface area contributed by atoms with E-state index in [9.17, 15) is 22.0 Å². The first-order chi connectivity index (χ1) is 15.3. The van der Waals surface area contributed by atoms with Gasteiger partial charge < -0.3 is 5.32 Å². The molecule has 0 bridgehead atoms. The van der Waals surface area contributed by atoms with Crippen molar-refractivity contribution in [3.63, 3.8) is 0 Å². The van der Waals surface area contributed by atoms with E-state index in [0.717, 1.165) is 16.8 Å². The van der Waals surface area contributed by atoms with Crippen molar-refractivity contribution in [2.45, 2.75) is 11.4 Å². The maximum atomic E-state index is 13.2. The lowest BCUT2D eigenvalue weighted by Crippen LogP contribution is -2.50. The summed E-state index contributed by atoms with van der Waals surface area (Å²) in [5.74, 6) is -1.68. The molecule has 0 radical (unpaired) electrons. The second-order valence-corrected chi connectivity index (χ2v) is 9.68. The molecule has 3 aromatic rings. The van der Waals surface area contributed by atoms with Crippen LogP contribution in [-0.2, 0) is 21.4 Å². The molecule has 0 aromatic heterocycles. The summed E-state index contributed by atoms with van der Waals surface area (Å²) in [6.07, 6.45) is 0. The fourth-order valence-electron chi connectivity index (χ4n) is 3.78. The number of carbonyl (C=O) groups excluding carboxylic acids is 1. The Labute approximate surface area is 185 Å². The number of rotatable bonds is 6. The lowest BCUT2D eigenvalue weighted by atomic mass is 10.1. The van der Waals surface area contributed by atoms with E-state index in [1.807, 2.05) is 29.2 Å². The molecular formula is C23H23F2N3O3S. The van der Waals surface area contributed by atoms with Crippen LogP contribution in [0.3, 0.4) is 0 Å². The number of nitrogens with one attached hydrogen (secondary N) is 1. The van der Waals surface area contributed by atoms with Gasteiger partial charge in [0.2, 0.25) is 15.9 Å². The average molecular weight is 460 g/mol. The van der Waals surface area contributed by atoms with E-state index in [0.29, 0.717) is 18.7 Å². The molecule has 0 unspecified atom stereocenters. The molecular weight excluding hydrogens is 436 g/mol. The molecule has 1 fully saturated rings. The monoisotopic (exact) mass is 459 g/mol. The Hall–Kier alpha value is -2.88. The number of fused-ring (bicyclic) bond motifs is 1. The molecule has 6 nitrogen and oxygen atoms in total. The largest absolute Gasteiger partial charge is 0.351 e. The van der Waals surface area contributed by atoms with E-state index in [2.05, 4.69) is 5.32 Å². The van der Waals surface area contributed by atoms with Crippen molar-refractivity contribution < 1.29 is 22.0 Å². The molecule has 0 spiro atoms. The van der Waals surface area contributed by atoms with Crippen LogP contribution < -0.4 is 5.32 Å². The van der Waals surface area contributed by atoms with Crippen molar-refractivity contribution in [1.29, 1.82) is 0 Å². The van der Waals surface area contributed by atoms with Crippen molar-refractivity contribution in [1.82, 2.24) is 14.5 Å². The van der Waals surface area contributed by atoms with Crippen LogP contribution in [0, 0.1) is 11.6 Å². The lowest BCUT2D eigenvalue weighted by Gasteiger charge is -2.33. The second-order valence-electron chi connectivity index (χ2n) is 7.74. The molecule has 1 saturated heterocycles. The molecule has 1 N–H and O–H groups in total. The molecule has 0 atom stereocenters. The minimum atomic E-state index is -3.62. The minimum absolute atomic E-state index is 0.0177. The van der Waals surface area contributed by atoms with Gasteiger partial charge in [-0.1, -0.05) is 30.3 Å². The summed E-state index contributed by atoms with van der Waals surface area (Å²) in [4.78, 5) is 14.3. The van der Waals surface area contributed by atoms with E-state index >= 15 is 0 Å². The summed E-state index contributed by atoms with van der Waals surface area (Å²) in [7, 11) is -3.62. The standard InChI is InChI=1S/C23H23F2N3O3S/c24-20-11-17(12-21(25)14-20)15-26-23(29)16-27-7-9-28(10-8-27)32(30,31)22-6-5-18-3-1-2-4-19(18)13-22/h1-6,11-14H,7-10,15-16H2,(H,26,29). The SMILES string of the molecule is O=C(CN1CCN(S(=O)(=O)c2ccc3ccccc3c2)CC1)NCc1cc(F)cc(F)c1. The van der Waals surface area contributed by atoms with Gasteiger partial charge in [0.15, 0.2) is 0 Å². The Balaban J connectivity index is 1.31. The van der Waals surface area contributed by atoms with Gasteiger partial charge in [0.25, 0.3) is 0 Å². The van der Waals surface area contributed by atoms with E-state index in [-0.39, 0.29) is 37.0 Å². The Bertz CT molecular complexity index is 1220. The number of nitrogens with zero attached hydrogens (tertiary/aromatic N) is 2. The van der Waals surface area contributed by atoms with Gasteiger partial charge in [-0.05, 0) is 40.6 Å². The van der Waals surface area contributed by atoms with Gasteiger partial charge in [0.1, 0.15) is 11.6 Å². The molecule has 1 amide bonds. The highest BCUT2D eigenvalue weighted by Gasteiger charge is 2.29. The summed E-state index contributed by atoms with van der Waals surface area (Å²) < 4.78 is 54.0. The summed E-state index contributed by atoms with van der Waals surface area (Å²) in [6, 6.07) is 15.8. The molecule has 4 rings (SSSR count). The fraction of sp³-hybridized carbons (Fsp3) is 0.261. The molecule has 168 valence electrons. The first-order valence-corrected chi connectivity index (χ1v) is 11.7. The summed E-state index contributed by atoms with van der Waals surface area (Å²) in [5.41, 5.74) is 0.335. The predicted molar refractivity (Wildman–Crippen MR) is 117 cm³/mol. The van der Waals surface area contributed by atoms with E-state index in [4.69, 9.17) is 0 Å². The van der Waals surface area contributed by atoms with Gasteiger partial charge in [-0.2, -0.15) is 4.31 Å². The maximum Gasteiger partial charge on any atom is 0.243 e. The molecule has 1 heterocycles. The summed E-state index contributed by atoms with van der Waals surface area (Å²) >= 11 is 0. The highest BCUT2D eigenvalue weighted by molar-refractivity contribution is 7.89. The fourth-order valence-corrected chi connectivity index (χ4v) is 5.24. The van der Waals surface area contributed by atoms with E-state index in [1.165, 1.54) is 16.4 Å². The van der Waals surface area contributed by atoms with Crippen molar-refractivity contribution in [2.24, 2.45) is 0 Å². The summed E-state index contributed by atoms with van der Waals surface area (Å²) in [6.45, 7) is 1.48. The van der Waals surface area contributed by atoms with Gasteiger partial charge in [-0.3, -0.25) is 9.69 Å². The molecule has 0 aliphatic carbocycles. The van der Waals surface area contributed by atoms with Gasteiger partial charge in [0, 0.05) is 38.8 Å². The van der Waals surface area contributed by atoms with Gasteiger partial charge >= 0.3 is 0 Å². The van der Waals surface area contributed by atoms with Crippen LogP contribution in [0.15, 0.2) is 65.6 Å². The zero-order valence-corrected chi connectivity index (χ0v) is 18.1. The van der Waals surface area contributed by atoms with Crippen LogP contribution in [0.5, 0.6) is 0 Å². The zero-order chi connectivity index (χ0) is 22.7. The minimum Gasteiger partial charge on any atom is -0.351 e. The normalized spacial score (nSPS) is 15.7. The first-order valence-electron chi connectivity index (χ1n) is 10.2. The number of benzene rings is 3.